The van der Waals surface area contributed by atoms with Crippen molar-refractivity contribution in [2.75, 3.05) is 4.90 Å². The molecule has 0 saturated carbocycles. The highest BCUT2D eigenvalue weighted by atomic mass is 32.1. The van der Waals surface area contributed by atoms with Crippen LogP contribution in [-0.4, -0.2) is 21.9 Å². The Hall–Kier alpha value is -1.36. The Balaban J connectivity index is 2.01. The molecule has 0 radical (unpaired) electrons. The Morgan fingerprint density at radius 2 is 2.44 bits per heavy atom. The monoisotopic (exact) mass is 235 g/mol. The van der Waals surface area contributed by atoms with Gasteiger partial charge in [0.1, 0.15) is 0 Å². The molecule has 5 heteroatoms. The molecule has 4 nitrogen and oxygen atoms in total. The highest BCUT2D eigenvalue weighted by Crippen LogP contribution is 2.39. The summed E-state index contributed by atoms with van der Waals surface area (Å²) in [6, 6.07) is 3.80. The van der Waals surface area contributed by atoms with Crippen molar-refractivity contribution in [2.45, 2.75) is 32.0 Å². The maximum absolute atomic E-state index is 5.85. The third kappa shape index (κ3) is 1.35. The topological polar surface area (TPSA) is 37.4 Å². The van der Waals surface area contributed by atoms with E-state index in [1.54, 1.807) is 6.20 Å². The summed E-state index contributed by atoms with van der Waals surface area (Å²) in [6.07, 6.45) is 2.62. The van der Waals surface area contributed by atoms with Gasteiger partial charge in [0, 0.05) is 18.2 Å². The molecule has 0 aliphatic carbocycles. The van der Waals surface area contributed by atoms with E-state index in [2.05, 4.69) is 24.1 Å². The number of thiocarbonyl (C=S) groups is 1. The average molecular weight is 235 g/mol. The van der Waals surface area contributed by atoms with Crippen molar-refractivity contribution < 1.29 is 4.74 Å². The van der Waals surface area contributed by atoms with Gasteiger partial charge in [-0.25, -0.2) is 4.98 Å². The van der Waals surface area contributed by atoms with E-state index in [1.165, 1.54) is 0 Å². The number of nitrogens with one attached hydrogen (secondary N) is 1. The summed E-state index contributed by atoms with van der Waals surface area (Å²) < 4.78 is 5.85. The van der Waals surface area contributed by atoms with Crippen LogP contribution in [0.1, 0.15) is 20.3 Å². The number of hydrogen-bond acceptors (Lipinski definition) is 3. The zero-order valence-electron chi connectivity index (χ0n) is 9.23. The Morgan fingerprint density at radius 3 is 3.25 bits per heavy atom. The van der Waals surface area contributed by atoms with Gasteiger partial charge in [0.05, 0.1) is 0 Å². The summed E-state index contributed by atoms with van der Waals surface area (Å²) in [6.45, 7) is 4.24. The Bertz CT molecular complexity index is 460. The fraction of sp³-hybridized carbons (Fsp3) is 0.455. The molecular weight excluding hydrogens is 222 g/mol. The molecule has 1 aromatic rings. The van der Waals surface area contributed by atoms with E-state index >= 15 is 0 Å². The number of hydrogen-bond donors (Lipinski definition) is 1. The molecule has 2 aliphatic rings. The van der Waals surface area contributed by atoms with E-state index in [0.29, 0.717) is 5.11 Å². The lowest BCUT2D eigenvalue weighted by atomic mass is 9.97. The highest BCUT2D eigenvalue weighted by molar-refractivity contribution is 7.80. The fourth-order valence-corrected chi connectivity index (χ4v) is 2.67. The van der Waals surface area contributed by atoms with Crippen molar-refractivity contribution >= 4 is 23.1 Å². The van der Waals surface area contributed by atoms with Crippen LogP contribution in [0, 0.1) is 0 Å². The number of ether oxygens (including phenoxy) is 1. The predicted molar refractivity (Wildman–Crippen MR) is 65.6 cm³/mol. The van der Waals surface area contributed by atoms with Gasteiger partial charge in [-0.2, -0.15) is 0 Å². The molecule has 0 bridgehead atoms. The van der Waals surface area contributed by atoms with Gasteiger partial charge in [-0.05, 0) is 38.2 Å². The number of aromatic nitrogens is 1. The molecule has 0 aromatic carbocycles. The number of anilines is 1. The Morgan fingerprint density at radius 1 is 1.62 bits per heavy atom. The number of nitrogens with zero attached hydrogens (tertiary/aromatic N) is 2. The third-order valence-electron chi connectivity index (χ3n) is 2.88. The summed E-state index contributed by atoms with van der Waals surface area (Å²) in [5.74, 6) is 1.63. The van der Waals surface area contributed by atoms with E-state index < -0.39 is 0 Å². The minimum atomic E-state index is -0.0275. The third-order valence-corrected chi connectivity index (χ3v) is 3.18. The van der Waals surface area contributed by atoms with Gasteiger partial charge < -0.3 is 10.1 Å². The molecular formula is C11H13N3OS. The second kappa shape index (κ2) is 3.07. The molecule has 1 atom stereocenters. The molecule has 16 heavy (non-hydrogen) atoms. The van der Waals surface area contributed by atoms with Gasteiger partial charge in [0.25, 0.3) is 0 Å². The summed E-state index contributed by atoms with van der Waals surface area (Å²) in [4.78, 5) is 6.27. The first-order chi connectivity index (χ1) is 7.57. The van der Waals surface area contributed by atoms with Crippen LogP contribution in [0.2, 0.25) is 0 Å². The van der Waals surface area contributed by atoms with Gasteiger partial charge in [-0.15, -0.1) is 0 Å². The van der Waals surface area contributed by atoms with E-state index in [-0.39, 0.29) is 11.8 Å². The SMILES string of the molecule is CC1(C)CC2Oc3cccnc3N2C(=S)N1. The van der Waals surface area contributed by atoms with E-state index in [0.717, 1.165) is 18.0 Å². The summed E-state index contributed by atoms with van der Waals surface area (Å²) in [5, 5.41) is 4.00. The molecule has 3 heterocycles. The van der Waals surface area contributed by atoms with Gasteiger partial charge >= 0.3 is 0 Å². The fourth-order valence-electron chi connectivity index (χ4n) is 2.19. The maximum atomic E-state index is 5.85. The molecule has 2 aliphatic heterocycles. The number of pyridine rings is 1. The highest BCUT2D eigenvalue weighted by Gasteiger charge is 2.43. The second-order valence-corrected chi connectivity index (χ2v) is 5.17. The Kier molecular flexibility index (Phi) is 1.89. The van der Waals surface area contributed by atoms with Gasteiger partial charge in [-0.1, -0.05) is 0 Å². The zero-order chi connectivity index (χ0) is 11.3. The van der Waals surface area contributed by atoms with Crippen LogP contribution in [0.4, 0.5) is 5.82 Å². The van der Waals surface area contributed by atoms with Crippen molar-refractivity contribution in [3.05, 3.63) is 18.3 Å². The van der Waals surface area contributed by atoms with E-state index in [4.69, 9.17) is 17.0 Å². The van der Waals surface area contributed by atoms with Crippen molar-refractivity contribution in [3.63, 3.8) is 0 Å². The molecule has 1 aromatic heterocycles. The van der Waals surface area contributed by atoms with Crippen LogP contribution in [0.15, 0.2) is 18.3 Å². The van der Waals surface area contributed by atoms with Crippen molar-refractivity contribution in [1.29, 1.82) is 0 Å². The van der Waals surface area contributed by atoms with Crippen molar-refractivity contribution in [1.82, 2.24) is 10.3 Å². The van der Waals surface area contributed by atoms with E-state index in [9.17, 15) is 0 Å². The largest absolute Gasteiger partial charge is 0.466 e. The van der Waals surface area contributed by atoms with E-state index in [1.807, 2.05) is 17.0 Å². The first-order valence-corrected chi connectivity index (χ1v) is 5.71. The molecule has 1 N–H and O–H groups in total. The maximum Gasteiger partial charge on any atom is 0.182 e. The molecule has 3 rings (SSSR count). The quantitative estimate of drug-likeness (QED) is 0.692. The van der Waals surface area contributed by atoms with Gasteiger partial charge in [0.15, 0.2) is 22.9 Å². The minimum absolute atomic E-state index is 0.0198. The van der Waals surface area contributed by atoms with Crippen LogP contribution >= 0.6 is 12.2 Å². The van der Waals surface area contributed by atoms with Crippen LogP contribution < -0.4 is 15.0 Å². The number of rotatable bonds is 0. The standard InChI is InChI=1S/C11H13N3OS/c1-11(2)6-8-14(10(16)13-11)9-7(15-8)4-3-5-12-9/h3-5,8H,6H2,1-2H3,(H,13,16). The number of fused-ring (bicyclic) bond motifs is 3. The second-order valence-electron chi connectivity index (χ2n) is 4.79. The lowest BCUT2D eigenvalue weighted by Gasteiger charge is -2.40. The molecule has 84 valence electrons. The molecule has 0 amide bonds. The molecule has 1 saturated heterocycles. The van der Waals surface area contributed by atoms with Gasteiger partial charge in [-0.3, -0.25) is 4.90 Å². The molecule has 1 fully saturated rings. The van der Waals surface area contributed by atoms with Crippen LogP contribution in [0.5, 0.6) is 5.75 Å². The predicted octanol–water partition coefficient (Wildman–Crippen LogP) is 1.66. The normalized spacial score (nSPS) is 25.5. The van der Waals surface area contributed by atoms with Crippen molar-refractivity contribution in [2.24, 2.45) is 0 Å². The lowest BCUT2D eigenvalue weighted by molar-refractivity contribution is 0.174. The van der Waals surface area contributed by atoms with Crippen LogP contribution in [-0.2, 0) is 0 Å². The Labute approximate surface area is 99.6 Å². The summed E-state index contributed by atoms with van der Waals surface area (Å²) in [5.41, 5.74) is -0.0275. The average Bonchev–Trinajstić information content (AvgIpc) is 2.52. The van der Waals surface area contributed by atoms with Gasteiger partial charge in [0.2, 0.25) is 0 Å². The first-order valence-electron chi connectivity index (χ1n) is 5.30. The first kappa shape index (κ1) is 9.84. The van der Waals surface area contributed by atoms with Crippen LogP contribution in [0.25, 0.3) is 0 Å². The zero-order valence-corrected chi connectivity index (χ0v) is 10.0. The smallest absolute Gasteiger partial charge is 0.182 e. The lowest BCUT2D eigenvalue weighted by Crippen LogP contribution is -2.61. The summed E-state index contributed by atoms with van der Waals surface area (Å²) >= 11 is 5.36. The molecule has 0 spiro atoms. The summed E-state index contributed by atoms with van der Waals surface area (Å²) in [7, 11) is 0. The van der Waals surface area contributed by atoms with Crippen LogP contribution in [0.3, 0.4) is 0 Å². The molecule has 1 unspecified atom stereocenters. The minimum Gasteiger partial charge on any atom is -0.466 e. The van der Waals surface area contributed by atoms with Crippen molar-refractivity contribution in [3.8, 4) is 5.75 Å².